The summed E-state index contributed by atoms with van der Waals surface area (Å²) in [5.41, 5.74) is 0.557. The standard InChI is InChI=1S/C12H14N4O2/c17-12-10-11(14-5-4-13-10)15-8-16(12)7-9-3-1-2-6-18-9/h4-5,8-9H,1-3,6-7H2/t9-/m1/s1. The maximum Gasteiger partial charge on any atom is 0.281 e. The topological polar surface area (TPSA) is 69.9 Å². The first-order chi connectivity index (χ1) is 8.84. The first-order valence-corrected chi connectivity index (χ1v) is 6.12. The predicted molar refractivity (Wildman–Crippen MR) is 65.2 cm³/mol. The fraction of sp³-hybridized carbons (Fsp3) is 0.500. The molecule has 6 nitrogen and oxygen atoms in total. The lowest BCUT2D eigenvalue weighted by Crippen LogP contribution is -2.31. The van der Waals surface area contributed by atoms with Gasteiger partial charge in [0.05, 0.1) is 12.6 Å². The summed E-state index contributed by atoms with van der Waals surface area (Å²) in [5.74, 6) is 0. The van der Waals surface area contributed by atoms with Crippen LogP contribution in [-0.2, 0) is 11.3 Å². The van der Waals surface area contributed by atoms with Gasteiger partial charge in [-0.05, 0) is 19.3 Å². The van der Waals surface area contributed by atoms with Crippen LogP contribution in [0, 0.1) is 0 Å². The Morgan fingerprint density at radius 1 is 1.28 bits per heavy atom. The second kappa shape index (κ2) is 4.81. The molecule has 0 unspecified atom stereocenters. The molecule has 1 aliphatic rings. The highest BCUT2D eigenvalue weighted by Crippen LogP contribution is 2.13. The summed E-state index contributed by atoms with van der Waals surface area (Å²) < 4.78 is 7.19. The molecule has 0 spiro atoms. The maximum atomic E-state index is 12.2. The normalized spacial score (nSPS) is 20.1. The van der Waals surface area contributed by atoms with E-state index in [4.69, 9.17) is 4.74 Å². The summed E-state index contributed by atoms with van der Waals surface area (Å²) in [6.45, 7) is 1.32. The molecular weight excluding hydrogens is 232 g/mol. The lowest BCUT2D eigenvalue weighted by Gasteiger charge is -2.22. The third-order valence-corrected chi connectivity index (χ3v) is 3.14. The van der Waals surface area contributed by atoms with E-state index in [9.17, 15) is 4.79 Å². The molecule has 94 valence electrons. The molecule has 0 amide bonds. The van der Waals surface area contributed by atoms with Crippen molar-refractivity contribution >= 4 is 11.2 Å². The van der Waals surface area contributed by atoms with Crippen LogP contribution in [0.2, 0.25) is 0 Å². The van der Waals surface area contributed by atoms with Crippen LogP contribution < -0.4 is 5.56 Å². The van der Waals surface area contributed by atoms with Gasteiger partial charge in [0.25, 0.3) is 5.56 Å². The smallest absolute Gasteiger partial charge is 0.281 e. The third kappa shape index (κ3) is 2.11. The highest BCUT2D eigenvalue weighted by Gasteiger charge is 2.16. The zero-order chi connectivity index (χ0) is 12.4. The quantitative estimate of drug-likeness (QED) is 0.782. The highest BCUT2D eigenvalue weighted by atomic mass is 16.5. The Morgan fingerprint density at radius 2 is 2.17 bits per heavy atom. The Labute approximate surface area is 104 Å². The van der Waals surface area contributed by atoms with Crippen molar-refractivity contribution in [2.45, 2.75) is 31.9 Å². The molecule has 1 saturated heterocycles. The largest absolute Gasteiger partial charge is 0.376 e. The third-order valence-electron chi connectivity index (χ3n) is 3.14. The Balaban J connectivity index is 1.92. The molecule has 1 aliphatic heterocycles. The maximum absolute atomic E-state index is 12.2. The van der Waals surface area contributed by atoms with Crippen LogP contribution in [0.25, 0.3) is 11.2 Å². The Bertz CT molecular complexity index is 604. The van der Waals surface area contributed by atoms with Crippen molar-refractivity contribution in [1.82, 2.24) is 19.5 Å². The minimum Gasteiger partial charge on any atom is -0.376 e. The van der Waals surface area contributed by atoms with Crippen molar-refractivity contribution in [3.8, 4) is 0 Å². The molecule has 0 radical (unpaired) electrons. The van der Waals surface area contributed by atoms with E-state index < -0.39 is 0 Å². The van der Waals surface area contributed by atoms with Gasteiger partial charge in [-0.2, -0.15) is 0 Å². The fourth-order valence-electron chi connectivity index (χ4n) is 2.19. The van der Waals surface area contributed by atoms with E-state index in [1.165, 1.54) is 18.7 Å². The second-order valence-corrected chi connectivity index (χ2v) is 4.42. The number of ether oxygens (including phenoxy) is 1. The molecule has 0 aromatic carbocycles. The van der Waals surface area contributed by atoms with Gasteiger partial charge >= 0.3 is 0 Å². The monoisotopic (exact) mass is 246 g/mol. The molecule has 3 rings (SSSR count). The second-order valence-electron chi connectivity index (χ2n) is 4.42. The van der Waals surface area contributed by atoms with E-state index in [2.05, 4.69) is 15.0 Å². The zero-order valence-corrected chi connectivity index (χ0v) is 9.95. The van der Waals surface area contributed by atoms with E-state index in [-0.39, 0.29) is 11.7 Å². The Kier molecular flexibility index (Phi) is 3.02. The average molecular weight is 246 g/mol. The summed E-state index contributed by atoms with van der Waals surface area (Å²) in [6, 6.07) is 0. The van der Waals surface area contributed by atoms with Crippen molar-refractivity contribution in [2.24, 2.45) is 0 Å². The van der Waals surface area contributed by atoms with Crippen LogP contribution in [0.4, 0.5) is 0 Å². The molecule has 0 aliphatic carbocycles. The van der Waals surface area contributed by atoms with E-state index in [1.807, 2.05) is 0 Å². The number of rotatable bonds is 2. The predicted octanol–water partition coefficient (Wildman–Crippen LogP) is 0.756. The molecular formula is C12H14N4O2. The Morgan fingerprint density at radius 3 is 3.00 bits per heavy atom. The number of aromatic nitrogens is 4. The van der Waals surface area contributed by atoms with Crippen LogP contribution in [0.15, 0.2) is 23.5 Å². The lowest BCUT2D eigenvalue weighted by molar-refractivity contribution is 0.00534. The van der Waals surface area contributed by atoms with Crippen molar-refractivity contribution in [3.05, 3.63) is 29.1 Å². The minimum absolute atomic E-state index is 0.104. The van der Waals surface area contributed by atoms with Crippen molar-refractivity contribution < 1.29 is 4.74 Å². The van der Waals surface area contributed by atoms with Crippen LogP contribution in [0.1, 0.15) is 19.3 Å². The number of fused-ring (bicyclic) bond motifs is 1. The van der Waals surface area contributed by atoms with Crippen LogP contribution >= 0.6 is 0 Å². The number of hydrogen-bond acceptors (Lipinski definition) is 5. The molecule has 0 saturated carbocycles. The van der Waals surface area contributed by atoms with Crippen molar-refractivity contribution in [3.63, 3.8) is 0 Å². The van der Waals surface area contributed by atoms with E-state index >= 15 is 0 Å². The average Bonchev–Trinajstić information content (AvgIpc) is 2.43. The molecule has 1 atom stereocenters. The molecule has 0 bridgehead atoms. The van der Waals surface area contributed by atoms with E-state index in [0.717, 1.165) is 25.9 Å². The van der Waals surface area contributed by atoms with Crippen LogP contribution in [0.5, 0.6) is 0 Å². The van der Waals surface area contributed by atoms with Crippen LogP contribution in [-0.4, -0.2) is 32.2 Å². The molecule has 1 fully saturated rings. The van der Waals surface area contributed by atoms with Gasteiger partial charge in [-0.25, -0.2) is 15.0 Å². The summed E-state index contributed by atoms with van der Waals surface area (Å²) in [5, 5.41) is 0. The van der Waals surface area contributed by atoms with E-state index in [0.29, 0.717) is 17.7 Å². The van der Waals surface area contributed by atoms with Gasteiger partial charge in [-0.15, -0.1) is 0 Å². The first kappa shape index (κ1) is 11.3. The molecule has 2 aromatic rings. The van der Waals surface area contributed by atoms with Gasteiger partial charge in [0.1, 0.15) is 6.33 Å². The van der Waals surface area contributed by atoms with Crippen LogP contribution in [0.3, 0.4) is 0 Å². The molecule has 3 heterocycles. The summed E-state index contributed by atoms with van der Waals surface area (Å²) >= 11 is 0. The van der Waals surface area contributed by atoms with Gasteiger partial charge in [0.15, 0.2) is 11.2 Å². The van der Waals surface area contributed by atoms with Gasteiger partial charge in [0.2, 0.25) is 0 Å². The molecule has 2 aromatic heterocycles. The first-order valence-electron chi connectivity index (χ1n) is 6.12. The molecule has 0 N–H and O–H groups in total. The van der Waals surface area contributed by atoms with Gasteiger partial charge in [-0.1, -0.05) is 0 Å². The zero-order valence-electron chi connectivity index (χ0n) is 9.95. The lowest BCUT2D eigenvalue weighted by atomic mass is 10.1. The van der Waals surface area contributed by atoms with E-state index in [1.54, 1.807) is 4.57 Å². The number of hydrogen-bond donors (Lipinski definition) is 0. The molecule has 6 heteroatoms. The summed E-state index contributed by atoms with van der Waals surface area (Å²) in [7, 11) is 0. The van der Waals surface area contributed by atoms with Crippen molar-refractivity contribution in [2.75, 3.05) is 6.61 Å². The van der Waals surface area contributed by atoms with Gasteiger partial charge in [-0.3, -0.25) is 9.36 Å². The highest BCUT2D eigenvalue weighted by molar-refractivity contribution is 5.66. The fourth-order valence-corrected chi connectivity index (χ4v) is 2.19. The SMILES string of the molecule is O=c1c2nccnc2ncn1C[C@H]1CCCCO1. The summed E-state index contributed by atoms with van der Waals surface area (Å²) in [6.07, 6.45) is 7.92. The van der Waals surface area contributed by atoms with Gasteiger partial charge < -0.3 is 4.74 Å². The molecule has 18 heavy (non-hydrogen) atoms. The Hall–Kier alpha value is -1.82. The van der Waals surface area contributed by atoms with Crippen molar-refractivity contribution in [1.29, 1.82) is 0 Å². The minimum atomic E-state index is -0.151. The summed E-state index contributed by atoms with van der Waals surface area (Å²) in [4.78, 5) is 24.4. The van der Waals surface area contributed by atoms with Gasteiger partial charge in [0, 0.05) is 19.0 Å². The number of nitrogens with zero attached hydrogens (tertiary/aromatic N) is 4.